The van der Waals surface area contributed by atoms with Crippen molar-refractivity contribution in [2.75, 3.05) is 5.73 Å². The van der Waals surface area contributed by atoms with Crippen LogP contribution in [0.5, 0.6) is 0 Å². The maximum absolute atomic E-state index is 10.5. The van der Waals surface area contributed by atoms with Crippen LogP contribution in [0, 0.1) is 0 Å². The zero-order valence-electron chi connectivity index (χ0n) is 5.57. The van der Waals surface area contributed by atoms with E-state index in [1.54, 1.807) is 0 Å². The van der Waals surface area contributed by atoms with Crippen LogP contribution < -0.4 is 11.4 Å². The van der Waals surface area contributed by atoms with Crippen molar-refractivity contribution in [1.82, 2.24) is 9.97 Å². The zero-order valence-corrected chi connectivity index (χ0v) is 5.57. The second-order valence-electron chi connectivity index (χ2n) is 1.90. The first-order chi connectivity index (χ1) is 5.24. The normalized spacial score (nSPS) is 9.91. The van der Waals surface area contributed by atoms with E-state index < -0.39 is 5.69 Å². The molecule has 0 radical (unpaired) electrons. The number of nitrogen functional groups attached to an aromatic ring is 1. The number of H-pyrrole nitrogens is 1. The SMILES string of the molecule is Nc1[nH]c(=O)ncc1COO. The molecule has 0 unspecified atom stereocenters. The number of aromatic amines is 1. The average molecular weight is 157 g/mol. The number of hydrogen-bond acceptors (Lipinski definition) is 5. The lowest BCUT2D eigenvalue weighted by Gasteiger charge is -1.99. The molecule has 0 saturated carbocycles. The van der Waals surface area contributed by atoms with Gasteiger partial charge in [0.15, 0.2) is 0 Å². The highest BCUT2D eigenvalue weighted by Crippen LogP contribution is 2.03. The summed E-state index contributed by atoms with van der Waals surface area (Å²) in [5.41, 5.74) is 5.23. The predicted molar refractivity (Wildman–Crippen MR) is 36.7 cm³/mol. The number of anilines is 1. The van der Waals surface area contributed by atoms with Crippen LogP contribution in [0.1, 0.15) is 5.56 Å². The molecule has 0 aromatic carbocycles. The van der Waals surface area contributed by atoms with Crippen LogP contribution in [0.4, 0.5) is 5.82 Å². The number of aromatic nitrogens is 2. The van der Waals surface area contributed by atoms with E-state index in [2.05, 4.69) is 14.9 Å². The molecule has 1 aromatic heterocycles. The molecule has 4 N–H and O–H groups in total. The van der Waals surface area contributed by atoms with E-state index in [1.165, 1.54) is 6.20 Å². The van der Waals surface area contributed by atoms with Crippen molar-refractivity contribution < 1.29 is 10.1 Å². The first kappa shape index (κ1) is 7.70. The molecule has 0 fully saturated rings. The highest BCUT2D eigenvalue weighted by molar-refractivity contribution is 5.35. The predicted octanol–water partition coefficient (Wildman–Crippen LogP) is -0.658. The van der Waals surface area contributed by atoms with Crippen LogP contribution in [0.2, 0.25) is 0 Å². The molecule has 60 valence electrons. The maximum Gasteiger partial charge on any atom is 0.346 e. The molecule has 6 heteroatoms. The molecule has 0 aliphatic heterocycles. The molecule has 6 nitrogen and oxygen atoms in total. The van der Waals surface area contributed by atoms with E-state index >= 15 is 0 Å². The number of nitrogens with one attached hydrogen (secondary N) is 1. The second kappa shape index (κ2) is 3.13. The lowest BCUT2D eigenvalue weighted by Crippen LogP contribution is -2.14. The summed E-state index contributed by atoms with van der Waals surface area (Å²) in [6.07, 6.45) is 1.24. The van der Waals surface area contributed by atoms with Crippen LogP contribution >= 0.6 is 0 Å². The van der Waals surface area contributed by atoms with E-state index in [0.29, 0.717) is 5.56 Å². The Morgan fingerprint density at radius 1 is 1.82 bits per heavy atom. The Morgan fingerprint density at radius 3 is 3.09 bits per heavy atom. The summed E-state index contributed by atoms with van der Waals surface area (Å²) in [5.74, 6) is 0.152. The highest BCUT2D eigenvalue weighted by atomic mass is 17.1. The van der Waals surface area contributed by atoms with Crippen LogP contribution in [0.3, 0.4) is 0 Å². The van der Waals surface area contributed by atoms with Gasteiger partial charge in [0.1, 0.15) is 12.4 Å². The van der Waals surface area contributed by atoms with Gasteiger partial charge in [0.25, 0.3) is 0 Å². The Morgan fingerprint density at radius 2 is 2.55 bits per heavy atom. The van der Waals surface area contributed by atoms with Gasteiger partial charge in [-0.25, -0.2) is 14.7 Å². The van der Waals surface area contributed by atoms with Gasteiger partial charge >= 0.3 is 5.69 Å². The minimum Gasteiger partial charge on any atom is -0.385 e. The standard InChI is InChI=1S/C5H7N3O3/c6-4-3(2-11-10)1-7-5(9)8-4/h1,10H,2H2,(H3,6,7,8,9). The minimum atomic E-state index is -0.524. The van der Waals surface area contributed by atoms with Gasteiger partial charge in [-0.1, -0.05) is 0 Å². The summed E-state index contributed by atoms with van der Waals surface area (Å²) < 4.78 is 0. The monoisotopic (exact) mass is 157 g/mol. The Labute approximate surface area is 61.6 Å². The largest absolute Gasteiger partial charge is 0.385 e. The van der Waals surface area contributed by atoms with Crippen molar-refractivity contribution in [2.45, 2.75) is 6.61 Å². The van der Waals surface area contributed by atoms with Crippen molar-refractivity contribution in [1.29, 1.82) is 0 Å². The van der Waals surface area contributed by atoms with Gasteiger partial charge in [-0.3, -0.25) is 10.2 Å². The highest BCUT2D eigenvalue weighted by Gasteiger charge is 1.99. The van der Waals surface area contributed by atoms with Crippen molar-refractivity contribution in [3.63, 3.8) is 0 Å². The van der Waals surface area contributed by atoms with Crippen LogP contribution in [-0.2, 0) is 11.5 Å². The topological polar surface area (TPSA) is 101 Å². The number of hydrogen-bond donors (Lipinski definition) is 3. The summed E-state index contributed by atoms with van der Waals surface area (Å²) in [7, 11) is 0. The lowest BCUT2D eigenvalue weighted by molar-refractivity contribution is -0.252. The van der Waals surface area contributed by atoms with Crippen molar-refractivity contribution in [3.05, 3.63) is 22.2 Å². The molecule has 0 bridgehead atoms. The molecule has 0 amide bonds. The number of rotatable bonds is 2. The first-order valence-corrected chi connectivity index (χ1v) is 2.84. The smallest absolute Gasteiger partial charge is 0.346 e. The molecular formula is C5H7N3O3. The fourth-order valence-electron chi connectivity index (χ4n) is 0.618. The van der Waals surface area contributed by atoms with Gasteiger partial charge in [0, 0.05) is 11.8 Å². The third-order valence-electron chi connectivity index (χ3n) is 1.15. The quantitative estimate of drug-likeness (QED) is 0.391. The van der Waals surface area contributed by atoms with Crippen molar-refractivity contribution in [3.8, 4) is 0 Å². The van der Waals surface area contributed by atoms with Crippen LogP contribution in [0.25, 0.3) is 0 Å². The summed E-state index contributed by atoms with van der Waals surface area (Å²) >= 11 is 0. The van der Waals surface area contributed by atoms with Gasteiger partial charge in [-0.15, -0.1) is 0 Å². The summed E-state index contributed by atoms with van der Waals surface area (Å²) in [5, 5.41) is 8.04. The summed E-state index contributed by atoms with van der Waals surface area (Å²) in [6.45, 7) is -0.0877. The molecule has 0 saturated heterocycles. The fourth-order valence-corrected chi connectivity index (χ4v) is 0.618. The molecule has 1 rings (SSSR count). The summed E-state index contributed by atoms with van der Waals surface area (Å²) in [6, 6.07) is 0. The van der Waals surface area contributed by atoms with Gasteiger partial charge in [0.05, 0.1) is 0 Å². The molecule has 11 heavy (non-hydrogen) atoms. The Kier molecular flexibility index (Phi) is 2.19. The molecule has 1 aromatic rings. The minimum absolute atomic E-state index is 0.0877. The maximum atomic E-state index is 10.5. The molecular weight excluding hydrogens is 150 g/mol. The van der Waals surface area contributed by atoms with Crippen LogP contribution in [-0.4, -0.2) is 15.2 Å². The molecule has 0 atom stereocenters. The Hall–Kier alpha value is -1.40. The molecule has 0 aliphatic carbocycles. The van der Waals surface area contributed by atoms with Gasteiger partial charge in [0.2, 0.25) is 0 Å². The van der Waals surface area contributed by atoms with E-state index in [0.717, 1.165) is 0 Å². The summed E-state index contributed by atoms with van der Waals surface area (Å²) in [4.78, 5) is 19.9. The Balaban J connectivity index is 2.99. The zero-order chi connectivity index (χ0) is 8.27. The molecule has 0 spiro atoms. The van der Waals surface area contributed by atoms with Gasteiger partial charge in [-0.05, 0) is 0 Å². The van der Waals surface area contributed by atoms with E-state index in [4.69, 9.17) is 11.0 Å². The third-order valence-corrected chi connectivity index (χ3v) is 1.15. The molecule has 1 heterocycles. The average Bonchev–Trinajstić information content (AvgIpc) is 1.95. The van der Waals surface area contributed by atoms with E-state index in [-0.39, 0.29) is 12.4 Å². The third kappa shape index (κ3) is 1.76. The lowest BCUT2D eigenvalue weighted by atomic mass is 10.3. The second-order valence-corrected chi connectivity index (χ2v) is 1.90. The Bertz CT molecular complexity index is 295. The van der Waals surface area contributed by atoms with E-state index in [9.17, 15) is 4.79 Å². The fraction of sp³-hybridized carbons (Fsp3) is 0.200. The van der Waals surface area contributed by atoms with Gasteiger partial charge < -0.3 is 5.73 Å². The number of nitrogens with two attached hydrogens (primary N) is 1. The number of nitrogens with zero attached hydrogens (tertiary/aromatic N) is 1. The van der Waals surface area contributed by atoms with Gasteiger partial charge in [-0.2, -0.15) is 0 Å². The molecule has 0 aliphatic rings. The first-order valence-electron chi connectivity index (χ1n) is 2.84. The van der Waals surface area contributed by atoms with Crippen molar-refractivity contribution in [2.24, 2.45) is 0 Å². The van der Waals surface area contributed by atoms with E-state index in [1.807, 2.05) is 0 Å². The van der Waals surface area contributed by atoms with Crippen LogP contribution in [0.15, 0.2) is 11.0 Å². The van der Waals surface area contributed by atoms with Crippen molar-refractivity contribution >= 4 is 5.82 Å².